The van der Waals surface area contributed by atoms with Gasteiger partial charge in [-0.15, -0.1) is 22.9 Å². The number of nitrogens with zero attached hydrogens (tertiary/aromatic N) is 3. The van der Waals surface area contributed by atoms with Gasteiger partial charge in [0, 0.05) is 29.0 Å². The highest BCUT2D eigenvalue weighted by Crippen LogP contribution is 2.36. The van der Waals surface area contributed by atoms with Crippen LogP contribution in [0.4, 0.5) is 26.3 Å². The molecule has 4 nitrogen and oxygen atoms in total. The van der Waals surface area contributed by atoms with Gasteiger partial charge in [-0.05, 0) is 18.6 Å². The monoisotopic (exact) mass is 469 g/mol. The van der Waals surface area contributed by atoms with Crippen molar-refractivity contribution in [3.05, 3.63) is 52.7 Å². The predicted octanol–water partition coefficient (Wildman–Crippen LogP) is 6.18. The summed E-state index contributed by atoms with van der Waals surface area (Å²) in [5.74, 6) is 0.322. The van der Waals surface area contributed by atoms with Crippen LogP contribution in [0.5, 0.6) is 0 Å². The molecular weight excluding hydrogens is 456 g/mol. The third-order valence-corrected chi connectivity index (χ3v) is 5.04. The van der Waals surface area contributed by atoms with E-state index >= 15 is 0 Å². The van der Waals surface area contributed by atoms with Crippen molar-refractivity contribution in [2.45, 2.75) is 25.4 Å². The lowest BCUT2D eigenvalue weighted by Gasteiger charge is -2.11. The quantitative estimate of drug-likeness (QED) is 0.236. The molecule has 0 bridgehead atoms. The molecule has 0 spiro atoms. The normalized spacial score (nSPS) is 12.5. The van der Waals surface area contributed by atoms with Crippen LogP contribution in [0.1, 0.15) is 23.2 Å². The lowest BCUT2D eigenvalue weighted by Crippen LogP contribution is -2.16. The second-order valence-corrected chi connectivity index (χ2v) is 7.33. The third kappa shape index (κ3) is 5.13. The fourth-order valence-corrected chi connectivity index (χ4v) is 3.53. The Bertz CT molecular complexity index is 998. The van der Waals surface area contributed by atoms with Crippen LogP contribution in [-0.2, 0) is 23.7 Å². The molecule has 0 amide bonds. The number of alkyl halides is 7. The molecular formula is C18H14ClF6N3OS. The molecule has 0 aliphatic heterocycles. The summed E-state index contributed by atoms with van der Waals surface area (Å²) >= 11 is 6.35. The van der Waals surface area contributed by atoms with Crippen LogP contribution in [0.15, 0.2) is 35.8 Å². The zero-order valence-electron chi connectivity index (χ0n) is 15.1. The third-order valence-electron chi connectivity index (χ3n) is 3.95. The Morgan fingerprint density at radius 1 is 1.10 bits per heavy atom. The van der Waals surface area contributed by atoms with E-state index in [-0.39, 0.29) is 35.2 Å². The lowest BCUT2D eigenvalue weighted by molar-refractivity contribution is -0.144. The van der Waals surface area contributed by atoms with Crippen LogP contribution in [0.3, 0.4) is 0 Å². The SMILES string of the molecule is FC(F)(F)c1cccc(-c2csc(-n3ncc(COCCCCl)c3C(F)(F)F)n2)c1. The van der Waals surface area contributed by atoms with Gasteiger partial charge >= 0.3 is 12.4 Å². The molecule has 0 aliphatic rings. The maximum Gasteiger partial charge on any atom is 0.433 e. The molecule has 3 rings (SSSR count). The van der Waals surface area contributed by atoms with Crippen molar-refractivity contribution in [2.75, 3.05) is 12.5 Å². The molecule has 0 unspecified atom stereocenters. The van der Waals surface area contributed by atoms with Crippen LogP contribution in [0, 0.1) is 0 Å². The Balaban J connectivity index is 1.92. The van der Waals surface area contributed by atoms with Crippen molar-refractivity contribution in [1.29, 1.82) is 0 Å². The topological polar surface area (TPSA) is 39.9 Å². The van der Waals surface area contributed by atoms with Crippen molar-refractivity contribution in [2.24, 2.45) is 0 Å². The number of hydrogen-bond acceptors (Lipinski definition) is 4. The summed E-state index contributed by atoms with van der Waals surface area (Å²) in [7, 11) is 0. The highest BCUT2D eigenvalue weighted by atomic mass is 35.5. The summed E-state index contributed by atoms with van der Waals surface area (Å²) < 4.78 is 85.5. The summed E-state index contributed by atoms with van der Waals surface area (Å²) in [5, 5.41) is 5.03. The number of thiazole rings is 1. The fourth-order valence-electron chi connectivity index (χ4n) is 2.62. The van der Waals surface area contributed by atoms with Gasteiger partial charge < -0.3 is 4.74 Å². The molecule has 30 heavy (non-hydrogen) atoms. The van der Waals surface area contributed by atoms with E-state index < -0.39 is 23.6 Å². The Morgan fingerprint density at radius 2 is 1.87 bits per heavy atom. The van der Waals surface area contributed by atoms with Gasteiger partial charge in [-0.25, -0.2) is 9.67 Å². The van der Waals surface area contributed by atoms with Crippen LogP contribution in [-0.4, -0.2) is 27.3 Å². The maximum atomic E-state index is 13.6. The van der Waals surface area contributed by atoms with Crippen LogP contribution >= 0.6 is 22.9 Å². The van der Waals surface area contributed by atoms with E-state index in [4.69, 9.17) is 16.3 Å². The Morgan fingerprint density at radius 3 is 2.53 bits per heavy atom. The van der Waals surface area contributed by atoms with Gasteiger partial charge in [0.2, 0.25) is 5.13 Å². The first-order chi connectivity index (χ1) is 14.1. The molecule has 2 heterocycles. The molecule has 3 aromatic rings. The van der Waals surface area contributed by atoms with Gasteiger partial charge in [-0.3, -0.25) is 0 Å². The number of aromatic nitrogens is 3. The molecule has 2 aromatic heterocycles. The van der Waals surface area contributed by atoms with Gasteiger partial charge in [0.05, 0.1) is 24.1 Å². The van der Waals surface area contributed by atoms with E-state index in [2.05, 4.69) is 10.1 Å². The molecule has 0 saturated heterocycles. The Labute approximate surface area is 176 Å². The molecule has 0 atom stereocenters. The summed E-state index contributed by atoms with van der Waals surface area (Å²) in [6.07, 6.45) is -7.75. The second-order valence-electron chi connectivity index (χ2n) is 6.12. The molecule has 0 aliphatic carbocycles. The zero-order valence-corrected chi connectivity index (χ0v) is 16.7. The zero-order chi connectivity index (χ0) is 21.9. The van der Waals surface area contributed by atoms with Gasteiger partial charge in [0.25, 0.3) is 0 Å². The first-order valence-electron chi connectivity index (χ1n) is 8.52. The molecule has 0 fully saturated rings. The number of rotatable bonds is 7. The van der Waals surface area contributed by atoms with Gasteiger partial charge in [0.1, 0.15) is 0 Å². The summed E-state index contributed by atoms with van der Waals surface area (Å²) in [6, 6.07) is 4.41. The molecule has 1 aromatic carbocycles. The van der Waals surface area contributed by atoms with Crippen LogP contribution < -0.4 is 0 Å². The average molecular weight is 470 g/mol. The summed E-state index contributed by atoms with van der Waals surface area (Å²) in [6.45, 7) is -0.111. The van der Waals surface area contributed by atoms with Crippen molar-refractivity contribution in [1.82, 2.24) is 14.8 Å². The van der Waals surface area contributed by atoms with Gasteiger partial charge in [0.15, 0.2) is 5.69 Å². The van der Waals surface area contributed by atoms with Gasteiger partial charge in [-0.1, -0.05) is 12.1 Å². The van der Waals surface area contributed by atoms with E-state index in [1.165, 1.54) is 17.5 Å². The highest BCUT2D eigenvalue weighted by Gasteiger charge is 2.39. The fraction of sp³-hybridized carbons (Fsp3) is 0.333. The summed E-state index contributed by atoms with van der Waals surface area (Å²) in [4.78, 5) is 4.06. The minimum absolute atomic E-state index is 0.115. The molecule has 162 valence electrons. The molecule has 0 N–H and O–H groups in total. The number of ether oxygens (including phenoxy) is 1. The van der Waals surface area contributed by atoms with Crippen LogP contribution in [0.2, 0.25) is 0 Å². The number of hydrogen-bond donors (Lipinski definition) is 0. The minimum atomic E-state index is -4.73. The lowest BCUT2D eigenvalue weighted by atomic mass is 10.1. The highest BCUT2D eigenvalue weighted by molar-refractivity contribution is 7.12. The second kappa shape index (κ2) is 8.94. The molecule has 0 radical (unpaired) electrons. The van der Waals surface area contributed by atoms with Crippen LogP contribution in [0.25, 0.3) is 16.4 Å². The van der Waals surface area contributed by atoms with Crippen molar-refractivity contribution in [3.63, 3.8) is 0 Å². The first kappa shape index (κ1) is 22.6. The van der Waals surface area contributed by atoms with E-state index in [1.807, 2.05) is 0 Å². The maximum absolute atomic E-state index is 13.6. The van der Waals surface area contributed by atoms with E-state index in [0.717, 1.165) is 29.7 Å². The molecule has 0 saturated carbocycles. The largest absolute Gasteiger partial charge is 0.433 e. The predicted molar refractivity (Wildman–Crippen MR) is 99.7 cm³/mol. The smallest absolute Gasteiger partial charge is 0.377 e. The Kier molecular flexibility index (Phi) is 6.73. The number of benzene rings is 1. The Hall–Kier alpha value is -2.11. The van der Waals surface area contributed by atoms with E-state index in [1.54, 1.807) is 0 Å². The number of halogens is 7. The standard InChI is InChI=1S/C18H14ClF6N3OS/c19-5-2-6-29-9-12-8-26-28(15(12)18(23,24)25)16-27-14(10-30-16)11-3-1-4-13(7-11)17(20,21)22/h1,3-4,7-8,10H,2,5-6,9H2. The van der Waals surface area contributed by atoms with Crippen molar-refractivity contribution in [3.8, 4) is 16.4 Å². The van der Waals surface area contributed by atoms with E-state index in [9.17, 15) is 26.3 Å². The average Bonchev–Trinajstić information content (AvgIpc) is 3.31. The minimum Gasteiger partial charge on any atom is -0.377 e. The van der Waals surface area contributed by atoms with Gasteiger partial charge in [-0.2, -0.15) is 31.4 Å². The molecule has 12 heteroatoms. The van der Waals surface area contributed by atoms with E-state index in [0.29, 0.717) is 17.0 Å². The summed E-state index contributed by atoms with van der Waals surface area (Å²) in [5.41, 5.74) is -1.84. The van der Waals surface area contributed by atoms with Crippen molar-refractivity contribution >= 4 is 22.9 Å². The van der Waals surface area contributed by atoms with Crippen molar-refractivity contribution < 1.29 is 31.1 Å². The first-order valence-corrected chi connectivity index (χ1v) is 9.94.